The fourth-order valence-electron chi connectivity index (χ4n) is 3.31. The number of carbonyl (C=O) groups is 1. The Hall–Kier alpha value is -2.97. The second-order valence-electron chi connectivity index (χ2n) is 7.89. The highest BCUT2D eigenvalue weighted by molar-refractivity contribution is 8.00. The molecule has 0 fully saturated rings. The molecular formula is C28H32F3NO3S. The van der Waals surface area contributed by atoms with Gasteiger partial charge in [0.25, 0.3) is 0 Å². The number of aliphatic hydroxyl groups is 1. The van der Waals surface area contributed by atoms with Crippen LogP contribution >= 0.6 is 11.9 Å². The smallest absolute Gasteiger partial charge is 0.416 e. The first-order valence-corrected chi connectivity index (χ1v) is 12.5. The Morgan fingerprint density at radius 3 is 2.28 bits per heavy atom. The van der Waals surface area contributed by atoms with Gasteiger partial charge in [-0.1, -0.05) is 37.6 Å². The quantitative estimate of drug-likeness (QED) is 0.221. The summed E-state index contributed by atoms with van der Waals surface area (Å²) in [7, 11) is 0. The summed E-state index contributed by atoms with van der Waals surface area (Å²) in [6.45, 7) is 6.84. The number of carbonyl (C=O) groups excluding carboxylic acids is 1. The molecule has 0 saturated carbocycles. The number of aryl methyl sites for hydroxylation is 1. The maximum Gasteiger partial charge on any atom is 0.416 e. The monoisotopic (exact) mass is 519 g/mol. The van der Waals surface area contributed by atoms with Crippen LogP contribution in [0.5, 0.6) is 5.75 Å². The maximum absolute atomic E-state index is 12.9. The number of aliphatic hydroxyl groups excluding tert-OH is 1. The Morgan fingerprint density at radius 1 is 1.00 bits per heavy atom. The van der Waals surface area contributed by atoms with Crippen LogP contribution in [-0.2, 0) is 11.0 Å². The summed E-state index contributed by atoms with van der Waals surface area (Å²) in [6, 6.07) is 18.9. The van der Waals surface area contributed by atoms with Gasteiger partial charge in [-0.05, 0) is 91.4 Å². The number of anilines is 1. The number of rotatable bonds is 10. The molecule has 3 aromatic carbocycles. The van der Waals surface area contributed by atoms with Gasteiger partial charge in [-0.2, -0.15) is 13.2 Å². The largest absolute Gasteiger partial charge is 0.486 e. The molecule has 36 heavy (non-hydrogen) atoms. The van der Waals surface area contributed by atoms with Crippen LogP contribution in [0.1, 0.15) is 37.8 Å². The number of halogens is 3. The fraction of sp³-hybridized carbons (Fsp3) is 0.321. The van der Waals surface area contributed by atoms with Gasteiger partial charge in [0.05, 0.1) is 5.56 Å². The van der Waals surface area contributed by atoms with E-state index in [1.54, 1.807) is 18.9 Å². The summed E-state index contributed by atoms with van der Waals surface area (Å²) < 4.78 is 46.3. The first-order valence-electron chi connectivity index (χ1n) is 11.7. The Bertz CT molecular complexity index is 1090. The number of nitrogens with zero attached hydrogens (tertiary/aromatic N) is 1. The Balaban J connectivity index is 0.00000145. The maximum atomic E-state index is 12.9. The molecule has 0 aromatic heterocycles. The van der Waals surface area contributed by atoms with Crippen molar-refractivity contribution < 1.29 is 27.8 Å². The van der Waals surface area contributed by atoms with E-state index in [1.165, 1.54) is 12.1 Å². The van der Waals surface area contributed by atoms with Gasteiger partial charge in [-0.15, -0.1) is 0 Å². The van der Waals surface area contributed by atoms with Crippen molar-refractivity contribution in [1.29, 1.82) is 0 Å². The summed E-state index contributed by atoms with van der Waals surface area (Å²) >= 11 is 1.60. The van der Waals surface area contributed by atoms with E-state index in [1.807, 2.05) is 49.4 Å². The lowest BCUT2D eigenvalue weighted by molar-refractivity contribution is -0.137. The van der Waals surface area contributed by atoms with Crippen molar-refractivity contribution >= 4 is 23.9 Å². The molecule has 3 aromatic rings. The first-order chi connectivity index (χ1) is 17.2. The molecule has 0 heterocycles. The predicted molar refractivity (Wildman–Crippen MR) is 140 cm³/mol. The summed E-state index contributed by atoms with van der Waals surface area (Å²) in [4.78, 5) is 11.6. The summed E-state index contributed by atoms with van der Waals surface area (Å²) in [5, 5.41) is 7.57. The molecule has 0 saturated heterocycles. The van der Waals surface area contributed by atoms with Crippen LogP contribution in [0.3, 0.4) is 0 Å². The fourth-order valence-corrected chi connectivity index (χ4v) is 4.37. The average molecular weight is 520 g/mol. The minimum Gasteiger partial charge on any atom is -0.486 e. The van der Waals surface area contributed by atoms with Gasteiger partial charge in [0.1, 0.15) is 12.4 Å². The number of unbranched alkanes of at least 4 members (excludes halogenated alkanes) is 1. The number of alkyl halides is 3. The van der Waals surface area contributed by atoms with Crippen LogP contribution in [0.4, 0.5) is 18.9 Å². The zero-order chi connectivity index (χ0) is 26.6. The number of benzene rings is 3. The van der Waals surface area contributed by atoms with Crippen molar-refractivity contribution in [1.82, 2.24) is 0 Å². The van der Waals surface area contributed by atoms with Crippen LogP contribution in [0.15, 0.2) is 71.6 Å². The lowest BCUT2D eigenvalue weighted by Crippen LogP contribution is -2.15. The Kier molecular flexibility index (Phi) is 11.8. The van der Waals surface area contributed by atoms with Gasteiger partial charge in [-0.25, -0.2) is 0 Å². The van der Waals surface area contributed by atoms with Crippen LogP contribution < -0.4 is 9.04 Å². The van der Waals surface area contributed by atoms with Crippen molar-refractivity contribution in [2.45, 2.75) is 44.7 Å². The van der Waals surface area contributed by atoms with Crippen molar-refractivity contribution in [3.63, 3.8) is 0 Å². The minimum absolute atomic E-state index is 0.0205. The van der Waals surface area contributed by atoms with Crippen LogP contribution in [0.2, 0.25) is 0 Å². The molecule has 3 rings (SSSR count). The van der Waals surface area contributed by atoms with E-state index in [4.69, 9.17) is 9.84 Å². The zero-order valence-corrected chi connectivity index (χ0v) is 21.5. The molecule has 8 heteroatoms. The van der Waals surface area contributed by atoms with Crippen LogP contribution in [-0.4, -0.2) is 31.2 Å². The van der Waals surface area contributed by atoms with E-state index >= 15 is 0 Å². The average Bonchev–Trinajstić information content (AvgIpc) is 2.86. The van der Waals surface area contributed by atoms with Crippen LogP contribution in [0, 0.1) is 6.92 Å². The number of aldehydes is 1. The molecule has 0 atom stereocenters. The molecule has 0 unspecified atom stereocenters. The normalized spacial score (nSPS) is 10.9. The molecule has 0 aliphatic rings. The van der Waals surface area contributed by atoms with Gasteiger partial charge >= 0.3 is 6.18 Å². The van der Waals surface area contributed by atoms with E-state index in [0.29, 0.717) is 5.75 Å². The third-order valence-electron chi connectivity index (χ3n) is 5.06. The Labute approximate surface area is 215 Å². The second kappa shape index (κ2) is 14.6. The zero-order valence-electron chi connectivity index (χ0n) is 20.7. The van der Waals surface area contributed by atoms with Crippen molar-refractivity contribution in [3.05, 3.63) is 77.9 Å². The molecule has 0 amide bonds. The topological polar surface area (TPSA) is 49.8 Å². The van der Waals surface area contributed by atoms with Gasteiger partial charge in [0.15, 0.2) is 6.29 Å². The SMILES string of the molecule is CCCCN(Sc1ccc(OCC=O)c(C)c1)c1cccc(-c2ccc(C(F)(F)F)cc2)c1.CCO. The Morgan fingerprint density at radius 2 is 1.69 bits per heavy atom. The molecule has 4 nitrogen and oxygen atoms in total. The van der Waals surface area contributed by atoms with E-state index < -0.39 is 11.7 Å². The van der Waals surface area contributed by atoms with E-state index in [-0.39, 0.29) is 13.2 Å². The lowest BCUT2D eigenvalue weighted by atomic mass is 10.0. The molecular weight excluding hydrogens is 487 g/mol. The highest BCUT2D eigenvalue weighted by atomic mass is 32.2. The second-order valence-corrected chi connectivity index (χ2v) is 8.99. The number of hydrogen-bond acceptors (Lipinski definition) is 5. The standard InChI is InChI=1S/C26H26F3NO2S.C2H6O/c1-3-4-14-30(33-24-12-13-25(19(2)17-24)32-16-15-31)23-7-5-6-21(18-23)20-8-10-22(11-9-20)26(27,28)29;1-2-3/h5-13,15,17-18H,3-4,14,16H2,1-2H3;3H,2H2,1H3. The highest BCUT2D eigenvalue weighted by Crippen LogP contribution is 2.35. The summed E-state index contributed by atoms with van der Waals surface area (Å²) in [5.74, 6) is 0.677. The van der Waals surface area contributed by atoms with Gasteiger partial charge in [0.2, 0.25) is 0 Å². The lowest BCUT2D eigenvalue weighted by Gasteiger charge is -2.24. The molecule has 0 bridgehead atoms. The third kappa shape index (κ3) is 8.91. The van der Waals surface area contributed by atoms with Crippen molar-refractivity contribution in [2.75, 3.05) is 24.1 Å². The first kappa shape index (κ1) is 29.3. The van der Waals surface area contributed by atoms with E-state index in [9.17, 15) is 18.0 Å². The predicted octanol–water partition coefficient (Wildman–Crippen LogP) is 7.57. The third-order valence-corrected chi connectivity index (χ3v) is 6.14. The minimum atomic E-state index is -4.35. The van der Waals surface area contributed by atoms with E-state index in [2.05, 4.69) is 11.2 Å². The van der Waals surface area contributed by atoms with Crippen molar-refractivity contribution in [2.24, 2.45) is 0 Å². The summed E-state index contributed by atoms with van der Waals surface area (Å²) in [6.07, 6.45) is -1.59. The molecule has 0 radical (unpaired) electrons. The molecule has 0 spiro atoms. The number of hydrogen-bond donors (Lipinski definition) is 1. The van der Waals surface area contributed by atoms with E-state index in [0.717, 1.165) is 65.1 Å². The van der Waals surface area contributed by atoms with Crippen molar-refractivity contribution in [3.8, 4) is 16.9 Å². The molecule has 194 valence electrons. The molecule has 0 aliphatic carbocycles. The van der Waals surface area contributed by atoms with Gasteiger partial charge < -0.3 is 14.1 Å². The van der Waals surface area contributed by atoms with Crippen LogP contribution in [0.25, 0.3) is 11.1 Å². The number of ether oxygens (including phenoxy) is 1. The molecule has 1 N–H and O–H groups in total. The van der Waals surface area contributed by atoms with Gasteiger partial charge in [-0.3, -0.25) is 4.79 Å². The molecule has 0 aliphatic heterocycles. The van der Waals surface area contributed by atoms with Gasteiger partial charge in [0, 0.05) is 23.7 Å². The highest BCUT2D eigenvalue weighted by Gasteiger charge is 2.30. The summed E-state index contributed by atoms with van der Waals surface area (Å²) in [5.41, 5.74) is 2.86.